The maximum Gasteiger partial charge on any atom is 0.271 e. The van der Waals surface area contributed by atoms with Crippen molar-refractivity contribution in [2.45, 2.75) is 5.37 Å². The van der Waals surface area contributed by atoms with Crippen molar-refractivity contribution in [2.75, 3.05) is 4.90 Å². The van der Waals surface area contributed by atoms with Crippen molar-refractivity contribution < 1.29 is 17.9 Å². The fourth-order valence-corrected chi connectivity index (χ4v) is 6.10. The van der Waals surface area contributed by atoms with Crippen LogP contribution in [0.5, 0.6) is 11.5 Å². The second-order valence-electron chi connectivity index (χ2n) is 7.96. The van der Waals surface area contributed by atoms with Gasteiger partial charge < -0.3 is 4.74 Å². The number of para-hydroxylation sites is 1. The Morgan fingerprint density at radius 3 is 2.14 bits per heavy atom. The van der Waals surface area contributed by atoms with Crippen molar-refractivity contribution in [1.29, 1.82) is 0 Å². The molecule has 0 spiro atoms. The third kappa shape index (κ3) is 4.58. The molecule has 0 saturated carbocycles. The summed E-state index contributed by atoms with van der Waals surface area (Å²) in [6, 6.07) is 31.5. The lowest BCUT2D eigenvalue weighted by Gasteiger charge is -2.23. The second kappa shape index (κ2) is 9.41. The summed E-state index contributed by atoms with van der Waals surface area (Å²) < 4.78 is 33.4. The summed E-state index contributed by atoms with van der Waals surface area (Å²) in [6.45, 7) is 0. The maximum atomic E-state index is 13.8. The number of anilines is 1. The molecule has 5 nitrogen and oxygen atoms in total. The number of rotatable bonds is 5. The first-order chi connectivity index (χ1) is 16.9. The van der Waals surface area contributed by atoms with Gasteiger partial charge in [-0.1, -0.05) is 78.3 Å². The van der Waals surface area contributed by atoms with Gasteiger partial charge in [0.25, 0.3) is 5.91 Å². The van der Waals surface area contributed by atoms with E-state index in [-0.39, 0.29) is 4.91 Å². The first-order valence-electron chi connectivity index (χ1n) is 10.9. The molecule has 4 aromatic rings. The van der Waals surface area contributed by atoms with E-state index in [1.807, 2.05) is 30.3 Å². The number of carbonyl (C=O) groups is 1. The minimum Gasteiger partial charge on any atom is -0.457 e. The van der Waals surface area contributed by atoms with Gasteiger partial charge in [0.15, 0.2) is 5.37 Å². The van der Waals surface area contributed by atoms with Gasteiger partial charge in [-0.3, -0.25) is 9.69 Å². The molecule has 0 aliphatic carbocycles. The van der Waals surface area contributed by atoms with Crippen molar-refractivity contribution in [3.05, 3.63) is 130 Å². The van der Waals surface area contributed by atoms with Crippen LogP contribution in [0.1, 0.15) is 16.5 Å². The van der Waals surface area contributed by atoms with E-state index in [4.69, 9.17) is 16.3 Å². The third-order valence-electron chi connectivity index (χ3n) is 5.57. The molecule has 7 heteroatoms. The Bertz CT molecular complexity index is 1520. The second-order valence-corrected chi connectivity index (χ2v) is 10.4. The molecule has 1 atom stereocenters. The quantitative estimate of drug-likeness (QED) is 0.288. The van der Waals surface area contributed by atoms with Gasteiger partial charge in [0.2, 0.25) is 9.84 Å². The Kier molecular flexibility index (Phi) is 6.16. The minimum absolute atomic E-state index is 0.289. The molecule has 1 heterocycles. The molecule has 174 valence electrons. The molecule has 1 aliphatic heterocycles. The van der Waals surface area contributed by atoms with Gasteiger partial charge in [-0.2, -0.15) is 0 Å². The fourth-order valence-electron chi connectivity index (χ4n) is 4.02. The number of sulfone groups is 1. The van der Waals surface area contributed by atoms with Gasteiger partial charge in [0.1, 0.15) is 16.4 Å². The zero-order valence-corrected chi connectivity index (χ0v) is 20.0. The smallest absolute Gasteiger partial charge is 0.271 e. The predicted molar refractivity (Wildman–Crippen MR) is 138 cm³/mol. The molecule has 0 bridgehead atoms. The average molecular weight is 502 g/mol. The van der Waals surface area contributed by atoms with Crippen LogP contribution in [0.25, 0.3) is 6.08 Å². The first-order valence-corrected chi connectivity index (χ1v) is 12.8. The molecule has 1 amide bonds. The first kappa shape index (κ1) is 22.9. The summed E-state index contributed by atoms with van der Waals surface area (Å²) in [5.74, 6) is 0.563. The van der Waals surface area contributed by atoms with E-state index in [9.17, 15) is 13.2 Å². The summed E-state index contributed by atoms with van der Waals surface area (Å²) in [7, 11) is -4.06. The maximum absolute atomic E-state index is 13.8. The molecular formula is C28H20ClNO4S. The van der Waals surface area contributed by atoms with Crippen molar-refractivity contribution >= 4 is 39.1 Å². The lowest BCUT2D eigenvalue weighted by molar-refractivity contribution is -0.114. The summed E-state index contributed by atoms with van der Waals surface area (Å²) in [4.78, 5) is 14.6. The van der Waals surface area contributed by atoms with E-state index in [2.05, 4.69) is 0 Å². The highest BCUT2D eigenvalue weighted by molar-refractivity contribution is 7.97. The number of amides is 1. The van der Waals surface area contributed by atoms with E-state index in [1.165, 1.54) is 11.0 Å². The van der Waals surface area contributed by atoms with Crippen LogP contribution in [0.3, 0.4) is 0 Å². The van der Waals surface area contributed by atoms with E-state index in [1.54, 1.807) is 78.9 Å². The Morgan fingerprint density at radius 1 is 0.771 bits per heavy atom. The van der Waals surface area contributed by atoms with Gasteiger partial charge >= 0.3 is 0 Å². The molecule has 0 aromatic heterocycles. The van der Waals surface area contributed by atoms with Crippen molar-refractivity contribution in [2.24, 2.45) is 0 Å². The fraction of sp³-hybridized carbons (Fsp3) is 0.0357. The zero-order chi connectivity index (χ0) is 24.4. The van der Waals surface area contributed by atoms with Crippen LogP contribution < -0.4 is 9.64 Å². The highest BCUT2D eigenvalue weighted by Crippen LogP contribution is 2.44. The number of halogens is 1. The molecular weight excluding hydrogens is 482 g/mol. The molecule has 5 rings (SSSR count). The van der Waals surface area contributed by atoms with E-state index in [0.717, 1.165) is 0 Å². The normalized spacial score (nSPS) is 18.1. The van der Waals surface area contributed by atoms with Crippen molar-refractivity contribution in [1.82, 2.24) is 0 Å². The summed E-state index contributed by atoms with van der Waals surface area (Å²) in [6.07, 6.45) is 1.40. The number of benzene rings is 4. The molecule has 1 saturated heterocycles. The number of hydrogen-bond donors (Lipinski definition) is 0. The Labute approximate surface area is 208 Å². The molecule has 1 fully saturated rings. The number of nitrogens with zero attached hydrogens (tertiary/aromatic N) is 1. The average Bonchev–Trinajstić information content (AvgIpc) is 3.06. The topological polar surface area (TPSA) is 63.7 Å². The molecule has 35 heavy (non-hydrogen) atoms. The molecule has 4 aromatic carbocycles. The van der Waals surface area contributed by atoms with E-state index in [0.29, 0.717) is 33.3 Å². The lowest BCUT2D eigenvalue weighted by Crippen LogP contribution is -2.28. The monoisotopic (exact) mass is 501 g/mol. The summed E-state index contributed by atoms with van der Waals surface area (Å²) in [5, 5.41) is -0.799. The van der Waals surface area contributed by atoms with Gasteiger partial charge in [-0.25, -0.2) is 8.42 Å². The standard InChI is InChI=1S/C28H20ClNO4S/c29-22-12-8-13-23(19-22)30-27(31)26(35(32,33)28(30)21-10-3-1-4-11-21)18-20-9-7-16-25(17-20)34-24-14-5-2-6-15-24/h1-19,28H/b26-18-. The Hall–Kier alpha value is -3.87. The largest absolute Gasteiger partial charge is 0.457 e. The SMILES string of the molecule is O=C1/C(=C/c2cccc(Oc3ccccc3)c2)S(=O)(=O)C(c2ccccc2)N1c1cccc(Cl)c1. The minimum atomic E-state index is -4.06. The number of hydrogen-bond acceptors (Lipinski definition) is 4. The molecule has 1 aliphatic rings. The summed E-state index contributed by atoms with van der Waals surface area (Å²) in [5.41, 5.74) is 1.43. The van der Waals surface area contributed by atoms with E-state index >= 15 is 0 Å². The highest BCUT2D eigenvalue weighted by Gasteiger charge is 2.50. The van der Waals surface area contributed by atoms with Crippen LogP contribution in [0, 0.1) is 0 Å². The van der Waals surface area contributed by atoms with Crippen LogP contribution >= 0.6 is 11.6 Å². The van der Waals surface area contributed by atoms with Gasteiger partial charge in [0.05, 0.1) is 0 Å². The van der Waals surface area contributed by atoms with Crippen LogP contribution in [0.15, 0.2) is 114 Å². The summed E-state index contributed by atoms with van der Waals surface area (Å²) >= 11 is 6.17. The van der Waals surface area contributed by atoms with Gasteiger partial charge in [-0.15, -0.1) is 0 Å². The Balaban J connectivity index is 1.59. The Morgan fingerprint density at radius 2 is 1.43 bits per heavy atom. The van der Waals surface area contributed by atoms with E-state index < -0.39 is 21.1 Å². The highest BCUT2D eigenvalue weighted by atomic mass is 35.5. The zero-order valence-electron chi connectivity index (χ0n) is 18.4. The van der Waals surface area contributed by atoms with Crippen LogP contribution in [0.4, 0.5) is 5.69 Å². The predicted octanol–water partition coefficient (Wildman–Crippen LogP) is 6.63. The van der Waals surface area contributed by atoms with Crippen LogP contribution in [0.2, 0.25) is 5.02 Å². The molecule has 1 unspecified atom stereocenters. The van der Waals surface area contributed by atoms with Crippen molar-refractivity contribution in [3.63, 3.8) is 0 Å². The van der Waals surface area contributed by atoms with Gasteiger partial charge in [-0.05, 0) is 59.7 Å². The molecule has 0 radical (unpaired) electrons. The van der Waals surface area contributed by atoms with Gasteiger partial charge in [0, 0.05) is 10.7 Å². The number of ether oxygens (including phenoxy) is 1. The van der Waals surface area contributed by atoms with Crippen LogP contribution in [-0.2, 0) is 14.6 Å². The number of carbonyl (C=O) groups excluding carboxylic acids is 1. The van der Waals surface area contributed by atoms with Crippen molar-refractivity contribution in [3.8, 4) is 11.5 Å². The molecule has 0 N–H and O–H groups in total. The third-order valence-corrected chi connectivity index (χ3v) is 7.78. The van der Waals surface area contributed by atoms with Crippen LogP contribution in [-0.4, -0.2) is 14.3 Å². The lowest BCUT2D eigenvalue weighted by atomic mass is 10.1.